The number of amides is 2. The first-order valence-corrected chi connectivity index (χ1v) is 11.6. The predicted molar refractivity (Wildman–Crippen MR) is 137 cm³/mol. The summed E-state index contributed by atoms with van der Waals surface area (Å²) in [5.74, 6) is 2.18. The number of carbonyl (C=O) groups is 1. The van der Waals surface area contributed by atoms with Gasteiger partial charge in [-0.15, -0.1) is 0 Å². The molecule has 9 heteroatoms. The maximum atomic E-state index is 11.6. The molecule has 34 heavy (non-hydrogen) atoms. The summed E-state index contributed by atoms with van der Waals surface area (Å²) in [5.41, 5.74) is 3.23. The summed E-state index contributed by atoms with van der Waals surface area (Å²) in [5, 5.41) is 5.00. The third-order valence-electron chi connectivity index (χ3n) is 5.74. The highest BCUT2D eigenvalue weighted by Crippen LogP contribution is 2.36. The lowest BCUT2D eigenvalue weighted by Crippen LogP contribution is -2.44. The third-order valence-corrected chi connectivity index (χ3v) is 6.28. The monoisotopic (exact) mass is 479 g/mol. The van der Waals surface area contributed by atoms with E-state index in [1.165, 1.54) is 0 Å². The lowest BCUT2D eigenvalue weighted by molar-refractivity contribution is 0.0985. The van der Waals surface area contributed by atoms with Crippen LogP contribution in [0.5, 0.6) is 5.75 Å². The minimum absolute atomic E-state index is 0.188. The van der Waals surface area contributed by atoms with Crippen molar-refractivity contribution in [3.8, 4) is 17.1 Å². The average molecular weight is 480 g/mol. The smallest absolute Gasteiger partial charge is 0.318 e. The van der Waals surface area contributed by atoms with E-state index in [-0.39, 0.29) is 17.3 Å². The highest BCUT2D eigenvalue weighted by atomic mass is 32.1. The van der Waals surface area contributed by atoms with Gasteiger partial charge in [0.2, 0.25) is 0 Å². The maximum absolute atomic E-state index is 11.6. The predicted octanol–water partition coefficient (Wildman–Crippen LogP) is 4.15. The number of hydrogen-bond acceptors (Lipinski definition) is 7. The van der Waals surface area contributed by atoms with Crippen LogP contribution in [0.1, 0.15) is 23.4 Å². The molecule has 0 radical (unpaired) electrons. The maximum Gasteiger partial charge on any atom is 0.318 e. The van der Waals surface area contributed by atoms with Gasteiger partial charge in [0.15, 0.2) is 5.82 Å². The number of urea groups is 1. The number of aromatic nitrogens is 2. The number of carbonyl (C=O) groups excluding carboxylic acids is 1. The zero-order chi connectivity index (χ0) is 24.1. The lowest BCUT2D eigenvalue weighted by atomic mass is 10.1. The number of methoxy groups -OCH3 is 1. The molecule has 178 valence electrons. The Kier molecular flexibility index (Phi) is 7.54. The summed E-state index contributed by atoms with van der Waals surface area (Å²) in [6, 6.07) is 17.2. The van der Waals surface area contributed by atoms with Crippen molar-refractivity contribution in [3.05, 3.63) is 65.9 Å². The fourth-order valence-corrected chi connectivity index (χ4v) is 4.23. The van der Waals surface area contributed by atoms with Crippen molar-refractivity contribution in [1.82, 2.24) is 15.3 Å². The SMILES string of the molecule is CNC(=O)Nc1ccc(-c2nc(C(S)c3ccccc3OC)cc(N3CCOC[C@@H]3C)n2)cc1. The van der Waals surface area contributed by atoms with Crippen LogP contribution < -0.4 is 20.3 Å². The Labute approximate surface area is 205 Å². The van der Waals surface area contributed by atoms with Crippen molar-refractivity contribution >= 4 is 30.2 Å². The van der Waals surface area contributed by atoms with Gasteiger partial charge in [0, 0.05) is 36.5 Å². The van der Waals surface area contributed by atoms with Crippen molar-refractivity contribution in [1.29, 1.82) is 0 Å². The van der Waals surface area contributed by atoms with Gasteiger partial charge in [0.25, 0.3) is 0 Å². The fourth-order valence-electron chi connectivity index (χ4n) is 3.88. The molecule has 0 aliphatic carbocycles. The van der Waals surface area contributed by atoms with Gasteiger partial charge in [-0.2, -0.15) is 12.6 Å². The van der Waals surface area contributed by atoms with E-state index in [2.05, 4.69) is 22.5 Å². The van der Waals surface area contributed by atoms with Crippen molar-refractivity contribution in [3.63, 3.8) is 0 Å². The number of anilines is 2. The first-order chi connectivity index (χ1) is 16.5. The average Bonchev–Trinajstić information content (AvgIpc) is 2.88. The number of para-hydroxylation sites is 1. The molecule has 2 N–H and O–H groups in total. The number of benzene rings is 2. The van der Waals surface area contributed by atoms with Gasteiger partial charge >= 0.3 is 6.03 Å². The van der Waals surface area contributed by atoms with E-state index >= 15 is 0 Å². The zero-order valence-electron chi connectivity index (χ0n) is 19.5. The second-order valence-electron chi connectivity index (χ2n) is 8.02. The molecule has 1 aliphatic rings. The highest BCUT2D eigenvalue weighted by Gasteiger charge is 2.24. The summed E-state index contributed by atoms with van der Waals surface area (Å²) in [6.07, 6.45) is 0. The van der Waals surface area contributed by atoms with E-state index in [9.17, 15) is 4.79 Å². The van der Waals surface area contributed by atoms with E-state index in [4.69, 9.17) is 32.1 Å². The highest BCUT2D eigenvalue weighted by molar-refractivity contribution is 7.80. The Morgan fingerprint density at radius 1 is 1.21 bits per heavy atom. The molecule has 1 unspecified atom stereocenters. The largest absolute Gasteiger partial charge is 0.496 e. The normalized spacial score (nSPS) is 16.6. The van der Waals surface area contributed by atoms with Crippen molar-refractivity contribution in [2.75, 3.05) is 44.1 Å². The fraction of sp³-hybridized carbons (Fsp3) is 0.320. The molecule has 1 aliphatic heterocycles. The Hall–Kier alpha value is -3.30. The van der Waals surface area contributed by atoms with Crippen LogP contribution >= 0.6 is 12.6 Å². The molecule has 2 amide bonds. The van der Waals surface area contributed by atoms with E-state index in [1.54, 1.807) is 14.2 Å². The minimum Gasteiger partial charge on any atom is -0.496 e. The number of nitrogens with zero attached hydrogens (tertiary/aromatic N) is 3. The molecule has 0 spiro atoms. The quantitative estimate of drug-likeness (QED) is 0.461. The number of nitrogens with one attached hydrogen (secondary N) is 2. The second-order valence-corrected chi connectivity index (χ2v) is 8.53. The Morgan fingerprint density at radius 3 is 2.68 bits per heavy atom. The van der Waals surface area contributed by atoms with E-state index in [1.807, 2.05) is 54.6 Å². The summed E-state index contributed by atoms with van der Waals surface area (Å²) < 4.78 is 11.2. The molecule has 1 fully saturated rings. The number of morpholine rings is 1. The number of rotatable bonds is 6. The van der Waals surface area contributed by atoms with E-state index < -0.39 is 0 Å². The van der Waals surface area contributed by atoms with Crippen molar-refractivity contribution < 1.29 is 14.3 Å². The van der Waals surface area contributed by atoms with Gasteiger partial charge in [-0.05, 0) is 37.3 Å². The number of ether oxygens (including phenoxy) is 2. The van der Waals surface area contributed by atoms with Gasteiger partial charge in [-0.1, -0.05) is 18.2 Å². The van der Waals surface area contributed by atoms with Crippen molar-refractivity contribution in [2.45, 2.75) is 18.2 Å². The molecule has 2 aromatic carbocycles. The van der Waals surface area contributed by atoms with Gasteiger partial charge in [-0.3, -0.25) is 0 Å². The molecular formula is C25H29N5O3S. The molecule has 8 nitrogen and oxygen atoms in total. The molecule has 4 rings (SSSR count). The van der Waals surface area contributed by atoms with Gasteiger partial charge in [0.1, 0.15) is 11.6 Å². The first kappa shape index (κ1) is 23.8. The molecule has 2 heterocycles. The van der Waals surface area contributed by atoms with Crippen LogP contribution in [0.25, 0.3) is 11.4 Å². The van der Waals surface area contributed by atoms with E-state index in [0.29, 0.717) is 24.7 Å². The Balaban J connectivity index is 1.75. The molecule has 0 bridgehead atoms. The third kappa shape index (κ3) is 5.26. The number of thiol groups is 1. The van der Waals surface area contributed by atoms with E-state index in [0.717, 1.165) is 34.9 Å². The second kappa shape index (κ2) is 10.8. The molecule has 1 saturated heterocycles. The van der Waals surface area contributed by atoms with Crippen LogP contribution in [0, 0.1) is 0 Å². The summed E-state index contributed by atoms with van der Waals surface area (Å²) in [4.78, 5) is 23.6. The number of hydrogen-bond donors (Lipinski definition) is 3. The summed E-state index contributed by atoms with van der Waals surface area (Å²) in [6.45, 7) is 4.16. The van der Waals surface area contributed by atoms with Crippen LogP contribution in [0.2, 0.25) is 0 Å². The lowest BCUT2D eigenvalue weighted by Gasteiger charge is -2.34. The molecule has 2 atom stereocenters. The first-order valence-electron chi connectivity index (χ1n) is 11.1. The Bertz CT molecular complexity index is 1140. The zero-order valence-corrected chi connectivity index (χ0v) is 20.4. The van der Waals surface area contributed by atoms with Crippen LogP contribution in [0.4, 0.5) is 16.3 Å². The summed E-state index contributed by atoms with van der Waals surface area (Å²) >= 11 is 4.92. The van der Waals surface area contributed by atoms with Crippen LogP contribution in [-0.2, 0) is 4.74 Å². The Morgan fingerprint density at radius 2 is 1.97 bits per heavy atom. The van der Waals surface area contributed by atoms with Crippen molar-refractivity contribution in [2.24, 2.45) is 0 Å². The summed E-state index contributed by atoms with van der Waals surface area (Å²) in [7, 11) is 3.23. The van der Waals surface area contributed by atoms with Crippen LogP contribution in [0.15, 0.2) is 54.6 Å². The standard InChI is InChI=1S/C25H29N5O3S/c1-16-15-33-13-12-30(16)22-14-20(23(34)19-6-4-5-7-21(19)32-3)28-24(29-22)17-8-10-18(11-9-17)27-25(31)26-2/h4-11,14,16,23,34H,12-13,15H2,1-3H3,(H2,26,27,31)/t16-,23?/m0/s1. The molecule has 1 aromatic heterocycles. The molecule has 0 saturated carbocycles. The van der Waals surface area contributed by atoms with Gasteiger partial charge < -0.3 is 25.0 Å². The molecule has 3 aromatic rings. The van der Waals surface area contributed by atoms with Crippen LogP contribution in [-0.4, -0.2) is 56.0 Å². The van der Waals surface area contributed by atoms with Crippen LogP contribution in [0.3, 0.4) is 0 Å². The minimum atomic E-state index is -0.304. The van der Waals surface area contributed by atoms with Gasteiger partial charge in [0.05, 0.1) is 37.3 Å². The van der Waals surface area contributed by atoms with Gasteiger partial charge in [-0.25, -0.2) is 14.8 Å². The molecular weight excluding hydrogens is 450 g/mol. The topological polar surface area (TPSA) is 88.6 Å².